The van der Waals surface area contributed by atoms with E-state index >= 15 is 0 Å². The van der Waals surface area contributed by atoms with E-state index in [1.165, 1.54) is 38.4 Å². The van der Waals surface area contributed by atoms with Crippen molar-refractivity contribution in [3.63, 3.8) is 0 Å². The van der Waals surface area contributed by atoms with E-state index in [-0.39, 0.29) is 29.0 Å². The van der Waals surface area contributed by atoms with Crippen LogP contribution in [0.25, 0.3) is 0 Å². The van der Waals surface area contributed by atoms with Gasteiger partial charge in [0.15, 0.2) is 11.5 Å². The van der Waals surface area contributed by atoms with Crippen LogP contribution >= 0.6 is 0 Å². The number of piperidine rings is 1. The van der Waals surface area contributed by atoms with Crippen molar-refractivity contribution >= 4 is 17.6 Å². The largest absolute Gasteiger partial charge is 0.493 e. The van der Waals surface area contributed by atoms with Gasteiger partial charge in [-0.3, -0.25) is 14.4 Å². The fourth-order valence-electron chi connectivity index (χ4n) is 4.96. The van der Waals surface area contributed by atoms with Crippen molar-refractivity contribution in [1.82, 2.24) is 9.80 Å². The second kappa shape index (κ2) is 11.4. The Morgan fingerprint density at radius 2 is 1.67 bits per heavy atom. The first-order chi connectivity index (χ1) is 17.5. The number of methoxy groups -OCH3 is 3. The van der Waals surface area contributed by atoms with Gasteiger partial charge in [0, 0.05) is 18.7 Å². The molecule has 4 rings (SSSR count). The molecule has 9 heteroatoms. The zero-order valence-corrected chi connectivity index (χ0v) is 20.9. The summed E-state index contributed by atoms with van der Waals surface area (Å²) in [7, 11) is 4.35. The third kappa shape index (κ3) is 5.16. The van der Waals surface area contributed by atoms with Gasteiger partial charge in [-0.25, -0.2) is 0 Å². The van der Waals surface area contributed by atoms with E-state index in [1.807, 2.05) is 30.3 Å². The molecule has 36 heavy (non-hydrogen) atoms. The molecule has 0 spiro atoms. The highest BCUT2D eigenvalue weighted by molar-refractivity contribution is 6.43. The number of ether oxygens (including phenoxy) is 4. The average molecular weight is 497 g/mol. The maximum Gasteiger partial charge on any atom is 0.295 e. The molecule has 2 bridgehead atoms. The fraction of sp³-hybridized carbons (Fsp3) is 0.444. The van der Waals surface area contributed by atoms with Gasteiger partial charge in [-0.15, -0.1) is 0 Å². The summed E-state index contributed by atoms with van der Waals surface area (Å²) in [5.74, 6) is -0.639. The SMILES string of the molecule is COc1cc(C(=O)C(=O)N2C3CCCC2C(=O)N(CCOCc2ccccc2)C3)cc(OC)c1OC. The summed E-state index contributed by atoms with van der Waals surface area (Å²) in [6, 6.07) is 11.9. The van der Waals surface area contributed by atoms with Gasteiger partial charge < -0.3 is 28.7 Å². The van der Waals surface area contributed by atoms with Crippen molar-refractivity contribution in [3.05, 3.63) is 53.6 Å². The molecule has 2 aromatic rings. The number of piperazine rings is 1. The highest BCUT2D eigenvalue weighted by Gasteiger charge is 2.46. The molecular weight excluding hydrogens is 464 g/mol. The Bertz CT molecular complexity index is 1080. The van der Waals surface area contributed by atoms with Gasteiger partial charge >= 0.3 is 0 Å². The standard InChI is InChI=1S/C27H32N2O7/c1-33-22-14-19(15-23(34-2)25(22)35-3)24(30)27(32)29-20-10-7-11-21(29)26(31)28(16-20)12-13-36-17-18-8-5-4-6-9-18/h4-6,8-9,14-15,20-21H,7,10-13,16-17H2,1-3H3. The molecule has 2 heterocycles. The maximum atomic E-state index is 13.4. The molecule has 2 aliphatic rings. The Labute approximate surface area is 210 Å². The predicted octanol–water partition coefficient (Wildman–Crippen LogP) is 2.70. The van der Waals surface area contributed by atoms with Gasteiger partial charge in [-0.2, -0.15) is 0 Å². The molecule has 2 amide bonds. The second-order valence-electron chi connectivity index (χ2n) is 8.88. The van der Waals surface area contributed by atoms with E-state index < -0.39 is 17.7 Å². The van der Waals surface area contributed by atoms with Gasteiger partial charge in [0.2, 0.25) is 11.7 Å². The highest BCUT2D eigenvalue weighted by Crippen LogP contribution is 2.39. The van der Waals surface area contributed by atoms with Crippen LogP contribution in [0.4, 0.5) is 0 Å². The molecule has 2 atom stereocenters. The molecule has 2 fully saturated rings. The number of Topliss-reactive ketones (excluding diaryl/α,β-unsaturated/α-hetero) is 1. The summed E-state index contributed by atoms with van der Waals surface area (Å²) < 4.78 is 21.7. The first-order valence-corrected chi connectivity index (χ1v) is 12.1. The van der Waals surface area contributed by atoms with E-state index in [0.717, 1.165) is 18.4 Å². The van der Waals surface area contributed by atoms with Crippen LogP contribution < -0.4 is 14.2 Å². The number of hydrogen-bond acceptors (Lipinski definition) is 7. The van der Waals surface area contributed by atoms with Crippen molar-refractivity contribution in [2.24, 2.45) is 0 Å². The topological polar surface area (TPSA) is 94.6 Å². The molecule has 2 unspecified atom stereocenters. The number of carbonyl (C=O) groups excluding carboxylic acids is 3. The average Bonchev–Trinajstić information content (AvgIpc) is 2.92. The molecular formula is C27H32N2O7. The van der Waals surface area contributed by atoms with Gasteiger partial charge in [0.1, 0.15) is 6.04 Å². The number of ketones is 1. The molecule has 192 valence electrons. The van der Waals surface area contributed by atoms with Gasteiger partial charge in [0.25, 0.3) is 11.7 Å². The van der Waals surface area contributed by atoms with Crippen LogP contribution in [0.15, 0.2) is 42.5 Å². The van der Waals surface area contributed by atoms with Crippen molar-refractivity contribution in [2.75, 3.05) is 41.0 Å². The molecule has 0 radical (unpaired) electrons. The van der Waals surface area contributed by atoms with E-state index in [2.05, 4.69) is 0 Å². The van der Waals surface area contributed by atoms with E-state index in [9.17, 15) is 14.4 Å². The summed E-state index contributed by atoms with van der Waals surface area (Å²) in [6.45, 7) is 1.71. The summed E-state index contributed by atoms with van der Waals surface area (Å²) >= 11 is 0. The lowest BCUT2D eigenvalue weighted by Crippen LogP contribution is -2.66. The third-order valence-electron chi connectivity index (χ3n) is 6.74. The first kappa shape index (κ1) is 25.5. The Morgan fingerprint density at radius 1 is 0.972 bits per heavy atom. The summed E-state index contributed by atoms with van der Waals surface area (Å²) in [6.07, 6.45) is 2.10. The smallest absolute Gasteiger partial charge is 0.295 e. The minimum Gasteiger partial charge on any atom is -0.493 e. The van der Waals surface area contributed by atoms with Gasteiger partial charge in [-0.05, 0) is 37.0 Å². The number of rotatable bonds is 10. The van der Waals surface area contributed by atoms with Crippen LogP contribution in [0.5, 0.6) is 17.2 Å². The number of fused-ring (bicyclic) bond motifs is 2. The van der Waals surface area contributed by atoms with Crippen molar-refractivity contribution in [2.45, 2.75) is 38.0 Å². The number of hydrogen-bond donors (Lipinski definition) is 0. The van der Waals surface area contributed by atoms with Crippen LogP contribution in [-0.4, -0.2) is 80.5 Å². The molecule has 2 aromatic carbocycles. The highest BCUT2D eigenvalue weighted by atomic mass is 16.5. The van der Waals surface area contributed by atoms with Crippen LogP contribution in [0.1, 0.15) is 35.2 Å². The molecule has 9 nitrogen and oxygen atoms in total. The monoisotopic (exact) mass is 496 g/mol. The Kier molecular flexibility index (Phi) is 8.10. The number of likely N-dealkylation sites (tertiary alicyclic amines) is 1. The minimum absolute atomic E-state index is 0.122. The lowest BCUT2D eigenvalue weighted by atomic mass is 9.89. The number of nitrogens with zero attached hydrogens (tertiary/aromatic N) is 2. The van der Waals surface area contributed by atoms with Crippen LogP contribution in [0.2, 0.25) is 0 Å². The molecule has 0 aromatic heterocycles. The van der Waals surface area contributed by atoms with Crippen molar-refractivity contribution in [3.8, 4) is 17.2 Å². The second-order valence-corrected chi connectivity index (χ2v) is 8.88. The predicted molar refractivity (Wildman–Crippen MR) is 131 cm³/mol. The van der Waals surface area contributed by atoms with E-state index in [1.54, 1.807) is 4.90 Å². The van der Waals surface area contributed by atoms with Crippen LogP contribution in [0, 0.1) is 0 Å². The molecule has 2 aliphatic heterocycles. The van der Waals surface area contributed by atoms with Crippen molar-refractivity contribution < 1.29 is 33.3 Å². The number of carbonyl (C=O) groups is 3. The third-order valence-corrected chi connectivity index (χ3v) is 6.74. The lowest BCUT2D eigenvalue weighted by Gasteiger charge is -2.48. The number of benzene rings is 2. The van der Waals surface area contributed by atoms with Crippen LogP contribution in [-0.2, 0) is 20.9 Å². The lowest BCUT2D eigenvalue weighted by molar-refractivity contribution is -0.157. The van der Waals surface area contributed by atoms with Gasteiger partial charge in [0.05, 0.1) is 40.6 Å². The Balaban J connectivity index is 1.44. The van der Waals surface area contributed by atoms with E-state index in [0.29, 0.717) is 38.5 Å². The van der Waals surface area contributed by atoms with Gasteiger partial charge in [-0.1, -0.05) is 30.3 Å². The zero-order valence-electron chi connectivity index (χ0n) is 20.9. The molecule has 0 saturated carbocycles. The summed E-state index contributed by atoms with van der Waals surface area (Å²) in [5.41, 5.74) is 1.19. The number of amides is 2. The van der Waals surface area contributed by atoms with Crippen LogP contribution in [0.3, 0.4) is 0 Å². The maximum absolute atomic E-state index is 13.4. The van der Waals surface area contributed by atoms with E-state index in [4.69, 9.17) is 18.9 Å². The molecule has 2 saturated heterocycles. The fourth-order valence-corrected chi connectivity index (χ4v) is 4.96. The first-order valence-electron chi connectivity index (χ1n) is 12.1. The zero-order chi connectivity index (χ0) is 25.7. The summed E-state index contributed by atoms with van der Waals surface area (Å²) in [5, 5.41) is 0. The normalized spacial score (nSPS) is 19.1. The Hall–Kier alpha value is -3.59. The molecule has 0 aliphatic carbocycles. The summed E-state index contributed by atoms with van der Waals surface area (Å²) in [4.78, 5) is 43.2. The minimum atomic E-state index is -0.710. The van der Waals surface area contributed by atoms with Crippen molar-refractivity contribution in [1.29, 1.82) is 0 Å². The quantitative estimate of drug-likeness (QED) is 0.284. The molecule has 0 N–H and O–H groups in total. The Morgan fingerprint density at radius 3 is 2.31 bits per heavy atom.